The molecule has 0 spiro atoms. The summed E-state index contributed by atoms with van der Waals surface area (Å²) in [5.41, 5.74) is 7.70. The van der Waals surface area contributed by atoms with Gasteiger partial charge in [-0.25, -0.2) is 9.97 Å². The molecule has 72 valence electrons. The molecule has 0 fully saturated rings. The van der Waals surface area contributed by atoms with Gasteiger partial charge in [-0.15, -0.1) is 0 Å². The first-order valence-electron chi connectivity index (χ1n) is 4.42. The number of pyridine rings is 1. The van der Waals surface area contributed by atoms with Crippen molar-refractivity contribution in [3.05, 3.63) is 35.9 Å². The molecule has 0 amide bonds. The van der Waals surface area contributed by atoms with Gasteiger partial charge < -0.3 is 5.73 Å². The molecule has 0 aromatic carbocycles. The SMILES string of the molecule is Cc1ncn(-c2cccc(N)n2)c1C. The van der Waals surface area contributed by atoms with Gasteiger partial charge in [0, 0.05) is 5.69 Å². The molecule has 0 radical (unpaired) electrons. The summed E-state index contributed by atoms with van der Waals surface area (Å²) >= 11 is 0. The van der Waals surface area contributed by atoms with E-state index < -0.39 is 0 Å². The number of imidazole rings is 1. The second-order valence-corrected chi connectivity index (χ2v) is 3.21. The fourth-order valence-electron chi connectivity index (χ4n) is 1.30. The number of aryl methyl sites for hydroxylation is 1. The quantitative estimate of drug-likeness (QED) is 0.737. The van der Waals surface area contributed by atoms with Crippen molar-refractivity contribution < 1.29 is 0 Å². The summed E-state index contributed by atoms with van der Waals surface area (Å²) in [7, 11) is 0. The maximum atomic E-state index is 5.61. The highest BCUT2D eigenvalue weighted by Gasteiger charge is 2.04. The average Bonchev–Trinajstić information content (AvgIpc) is 2.48. The smallest absolute Gasteiger partial charge is 0.140 e. The molecule has 4 nitrogen and oxygen atoms in total. The fraction of sp³-hybridized carbons (Fsp3) is 0.200. The molecule has 2 aromatic rings. The van der Waals surface area contributed by atoms with Gasteiger partial charge in [0.15, 0.2) is 0 Å². The maximum Gasteiger partial charge on any atom is 0.140 e. The Hall–Kier alpha value is -1.84. The van der Waals surface area contributed by atoms with Crippen LogP contribution in [0, 0.1) is 13.8 Å². The summed E-state index contributed by atoms with van der Waals surface area (Å²) in [6.07, 6.45) is 1.76. The van der Waals surface area contributed by atoms with E-state index in [1.165, 1.54) is 0 Å². The number of nitrogens with two attached hydrogens (primary N) is 1. The van der Waals surface area contributed by atoms with Crippen molar-refractivity contribution >= 4 is 5.82 Å². The van der Waals surface area contributed by atoms with Crippen molar-refractivity contribution in [1.29, 1.82) is 0 Å². The molecule has 0 aliphatic carbocycles. The average molecular weight is 188 g/mol. The second kappa shape index (κ2) is 3.14. The molecule has 4 heteroatoms. The van der Waals surface area contributed by atoms with Crippen LogP contribution in [0.3, 0.4) is 0 Å². The van der Waals surface area contributed by atoms with Crippen LogP contribution in [0.2, 0.25) is 0 Å². The summed E-state index contributed by atoms with van der Waals surface area (Å²) in [4.78, 5) is 8.42. The van der Waals surface area contributed by atoms with Gasteiger partial charge >= 0.3 is 0 Å². The summed E-state index contributed by atoms with van der Waals surface area (Å²) in [6.45, 7) is 3.98. The topological polar surface area (TPSA) is 56.7 Å². The van der Waals surface area contributed by atoms with Crippen LogP contribution in [0.1, 0.15) is 11.4 Å². The third-order valence-electron chi connectivity index (χ3n) is 2.25. The Kier molecular flexibility index (Phi) is 1.96. The first kappa shape index (κ1) is 8.74. The van der Waals surface area contributed by atoms with Crippen LogP contribution in [-0.2, 0) is 0 Å². The van der Waals surface area contributed by atoms with Gasteiger partial charge in [0.1, 0.15) is 18.0 Å². The van der Waals surface area contributed by atoms with Gasteiger partial charge in [-0.2, -0.15) is 0 Å². The molecular formula is C10H12N4. The normalized spacial score (nSPS) is 10.4. The molecule has 14 heavy (non-hydrogen) atoms. The molecular weight excluding hydrogens is 176 g/mol. The van der Waals surface area contributed by atoms with Crippen molar-refractivity contribution in [2.75, 3.05) is 5.73 Å². The summed E-state index contributed by atoms with van der Waals surface area (Å²) in [6, 6.07) is 5.56. The van der Waals surface area contributed by atoms with Crippen LogP contribution >= 0.6 is 0 Å². The number of hydrogen-bond donors (Lipinski definition) is 1. The molecule has 2 N–H and O–H groups in total. The monoisotopic (exact) mass is 188 g/mol. The van der Waals surface area contributed by atoms with Gasteiger partial charge in [0.25, 0.3) is 0 Å². The van der Waals surface area contributed by atoms with Crippen molar-refractivity contribution in [3.63, 3.8) is 0 Å². The van der Waals surface area contributed by atoms with Crippen molar-refractivity contribution in [2.45, 2.75) is 13.8 Å². The third-order valence-corrected chi connectivity index (χ3v) is 2.25. The minimum atomic E-state index is 0.522. The van der Waals surface area contributed by atoms with Gasteiger partial charge in [0.2, 0.25) is 0 Å². The van der Waals surface area contributed by atoms with E-state index in [0.717, 1.165) is 17.2 Å². The number of anilines is 1. The van der Waals surface area contributed by atoms with E-state index in [9.17, 15) is 0 Å². The van der Waals surface area contributed by atoms with Gasteiger partial charge in [-0.1, -0.05) is 6.07 Å². The third kappa shape index (κ3) is 1.35. The molecule has 0 bridgehead atoms. The number of hydrogen-bond acceptors (Lipinski definition) is 3. The van der Waals surface area contributed by atoms with E-state index in [1.807, 2.05) is 30.5 Å². The Labute approximate surface area is 82.4 Å². The zero-order valence-electron chi connectivity index (χ0n) is 8.23. The molecule has 0 atom stereocenters. The van der Waals surface area contributed by atoms with Crippen molar-refractivity contribution in [3.8, 4) is 5.82 Å². The minimum absolute atomic E-state index is 0.522. The van der Waals surface area contributed by atoms with Gasteiger partial charge in [0.05, 0.1) is 5.69 Å². The molecule has 0 saturated heterocycles. The fourth-order valence-corrected chi connectivity index (χ4v) is 1.30. The Morgan fingerprint density at radius 3 is 2.64 bits per heavy atom. The minimum Gasteiger partial charge on any atom is -0.384 e. The second-order valence-electron chi connectivity index (χ2n) is 3.21. The molecule has 0 aliphatic heterocycles. The highest BCUT2D eigenvalue weighted by atomic mass is 15.1. The van der Waals surface area contributed by atoms with E-state index in [2.05, 4.69) is 9.97 Å². The van der Waals surface area contributed by atoms with Gasteiger partial charge in [-0.3, -0.25) is 4.57 Å². The molecule has 2 rings (SSSR count). The molecule has 0 unspecified atom stereocenters. The predicted molar refractivity (Wildman–Crippen MR) is 55.2 cm³/mol. The highest BCUT2D eigenvalue weighted by molar-refractivity contribution is 5.36. The zero-order valence-corrected chi connectivity index (χ0v) is 8.23. The number of nitrogen functional groups attached to an aromatic ring is 1. The van der Waals surface area contributed by atoms with E-state index in [1.54, 1.807) is 12.4 Å². The number of rotatable bonds is 1. The number of nitrogens with zero attached hydrogens (tertiary/aromatic N) is 3. The lowest BCUT2D eigenvalue weighted by atomic mass is 10.3. The van der Waals surface area contributed by atoms with Crippen LogP contribution < -0.4 is 5.73 Å². The lowest BCUT2D eigenvalue weighted by molar-refractivity contribution is 0.953. The Morgan fingerprint density at radius 1 is 1.29 bits per heavy atom. The van der Waals surface area contributed by atoms with Crippen LogP contribution in [0.5, 0.6) is 0 Å². The summed E-state index contributed by atoms with van der Waals surface area (Å²) in [5.74, 6) is 1.33. The Balaban J connectivity index is 2.55. The number of aromatic nitrogens is 3. The summed E-state index contributed by atoms with van der Waals surface area (Å²) < 4.78 is 1.92. The lowest BCUT2D eigenvalue weighted by Gasteiger charge is -2.04. The zero-order chi connectivity index (χ0) is 10.1. The molecule has 2 heterocycles. The highest BCUT2D eigenvalue weighted by Crippen LogP contribution is 2.12. The van der Waals surface area contributed by atoms with Gasteiger partial charge in [-0.05, 0) is 26.0 Å². The van der Waals surface area contributed by atoms with Crippen molar-refractivity contribution in [2.24, 2.45) is 0 Å². The Morgan fingerprint density at radius 2 is 2.07 bits per heavy atom. The Bertz CT molecular complexity index is 459. The van der Waals surface area contributed by atoms with Crippen LogP contribution in [-0.4, -0.2) is 14.5 Å². The van der Waals surface area contributed by atoms with E-state index in [4.69, 9.17) is 5.73 Å². The van der Waals surface area contributed by atoms with Crippen LogP contribution in [0.25, 0.3) is 5.82 Å². The molecule has 0 aliphatic rings. The lowest BCUT2D eigenvalue weighted by Crippen LogP contribution is -2.00. The van der Waals surface area contributed by atoms with Crippen LogP contribution in [0.15, 0.2) is 24.5 Å². The standard InChI is InChI=1S/C10H12N4/c1-7-8(2)14(6-12-7)10-5-3-4-9(11)13-10/h3-6H,1-2H3,(H2,11,13). The van der Waals surface area contributed by atoms with E-state index in [-0.39, 0.29) is 0 Å². The molecule has 2 aromatic heterocycles. The summed E-state index contributed by atoms with van der Waals surface area (Å²) in [5, 5.41) is 0. The predicted octanol–water partition coefficient (Wildman–Crippen LogP) is 1.47. The van der Waals surface area contributed by atoms with Crippen molar-refractivity contribution in [1.82, 2.24) is 14.5 Å². The van der Waals surface area contributed by atoms with Crippen LogP contribution in [0.4, 0.5) is 5.82 Å². The first-order chi connectivity index (χ1) is 6.68. The first-order valence-corrected chi connectivity index (χ1v) is 4.42. The largest absolute Gasteiger partial charge is 0.384 e. The van der Waals surface area contributed by atoms with E-state index >= 15 is 0 Å². The maximum absolute atomic E-state index is 5.61. The van der Waals surface area contributed by atoms with E-state index in [0.29, 0.717) is 5.82 Å². The molecule has 0 saturated carbocycles.